The second kappa shape index (κ2) is 9.26. The van der Waals surface area contributed by atoms with Crippen LogP contribution >= 0.6 is 0 Å². The fraction of sp³-hybridized carbons (Fsp3) is 0.652. The zero-order valence-electron chi connectivity index (χ0n) is 17.3. The van der Waals surface area contributed by atoms with E-state index in [2.05, 4.69) is 34.5 Å². The highest BCUT2D eigenvalue weighted by atomic mass is 16.5. The molecule has 1 aromatic rings. The Morgan fingerprint density at radius 2 is 1.76 bits per heavy atom. The molecule has 1 aliphatic carbocycles. The molecule has 1 unspecified atom stereocenters. The highest BCUT2D eigenvalue weighted by molar-refractivity contribution is 5.81. The molecule has 6 heteroatoms. The lowest BCUT2D eigenvalue weighted by Crippen LogP contribution is -2.53. The zero-order chi connectivity index (χ0) is 20.1. The number of hydrogen-bond donors (Lipinski definition) is 1. The summed E-state index contributed by atoms with van der Waals surface area (Å²) in [6, 6.07) is 10.6. The average molecular weight is 400 g/mol. The molecular weight excluding hydrogens is 366 g/mol. The summed E-state index contributed by atoms with van der Waals surface area (Å²) in [5.41, 5.74) is 1.43. The molecule has 0 bridgehead atoms. The van der Waals surface area contributed by atoms with E-state index in [1.54, 1.807) is 0 Å². The van der Waals surface area contributed by atoms with Gasteiger partial charge in [-0.2, -0.15) is 0 Å². The van der Waals surface area contributed by atoms with Gasteiger partial charge in [-0.3, -0.25) is 14.5 Å². The maximum absolute atomic E-state index is 12.6. The minimum Gasteiger partial charge on any atom is -0.368 e. The molecule has 1 aromatic carbocycles. The van der Waals surface area contributed by atoms with Crippen molar-refractivity contribution in [2.24, 2.45) is 0 Å². The van der Waals surface area contributed by atoms with Crippen LogP contribution < -0.4 is 5.32 Å². The average Bonchev–Trinajstić information content (AvgIpc) is 3.46. The van der Waals surface area contributed by atoms with Crippen LogP contribution in [-0.2, 0) is 19.7 Å². The number of hydrogen-bond acceptors (Lipinski definition) is 4. The van der Waals surface area contributed by atoms with Crippen LogP contribution in [0.15, 0.2) is 30.3 Å². The van der Waals surface area contributed by atoms with Crippen LogP contribution in [0, 0.1) is 0 Å². The SMILES string of the molecule is O=C(CN1CCN(C(=O)C2CCCO2)CC1)NCC1(c2ccccc2)CCCC1. The Kier molecular flexibility index (Phi) is 6.50. The molecule has 2 aliphatic heterocycles. The Hall–Kier alpha value is -1.92. The largest absolute Gasteiger partial charge is 0.368 e. The van der Waals surface area contributed by atoms with Crippen molar-refractivity contribution in [3.05, 3.63) is 35.9 Å². The Morgan fingerprint density at radius 1 is 1.03 bits per heavy atom. The minimum atomic E-state index is -0.245. The van der Waals surface area contributed by atoms with Crippen molar-refractivity contribution in [3.63, 3.8) is 0 Å². The van der Waals surface area contributed by atoms with Crippen LogP contribution in [0.4, 0.5) is 0 Å². The van der Waals surface area contributed by atoms with Gasteiger partial charge in [0.2, 0.25) is 5.91 Å². The number of ether oxygens (including phenoxy) is 1. The number of benzene rings is 1. The molecule has 4 rings (SSSR count). The number of amides is 2. The van der Waals surface area contributed by atoms with E-state index in [0.717, 1.165) is 38.8 Å². The van der Waals surface area contributed by atoms with E-state index in [1.165, 1.54) is 18.4 Å². The molecule has 3 fully saturated rings. The van der Waals surface area contributed by atoms with E-state index in [-0.39, 0.29) is 23.3 Å². The molecule has 2 amide bonds. The molecule has 2 saturated heterocycles. The van der Waals surface area contributed by atoms with Gasteiger partial charge in [-0.05, 0) is 31.2 Å². The van der Waals surface area contributed by atoms with Crippen molar-refractivity contribution >= 4 is 11.8 Å². The molecular formula is C23H33N3O3. The van der Waals surface area contributed by atoms with Crippen LogP contribution in [0.25, 0.3) is 0 Å². The third-order valence-corrected chi connectivity index (χ3v) is 6.83. The number of piperazine rings is 1. The lowest BCUT2D eigenvalue weighted by atomic mass is 9.79. The lowest BCUT2D eigenvalue weighted by molar-refractivity contribution is -0.142. The normalized spacial score (nSPS) is 24.6. The highest BCUT2D eigenvalue weighted by Gasteiger charge is 2.36. The first-order valence-electron chi connectivity index (χ1n) is 11.1. The Morgan fingerprint density at radius 3 is 2.41 bits per heavy atom. The van der Waals surface area contributed by atoms with E-state index in [0.29, 0.717) is 32.8 Å². The van der Waals surface area contributed by atoms with Crippen molar-refractivity contribution in [3.8, 4) is 0 Å². The maximum atomic E-state index is 12.6. The van der Waals surface area contributed by atoms with Crippen molar-refractivity contribution in [2.45, 2.75) is 50.0 Å². The summed E-state index contributed by atoms with van der Waals surface area (Å²) in [7, 11) is 0. The smallest absolute Gasteiger partial charge is 0.251 e. The second-order valence-electron chi connectivity index (χ2n) is 8.73. The van der Waals surface area contributed by atoms with Crippen LogP contribution in [0.3, 0.4) is 0 Å². The molecule has 0 aromatic heterocycles. The number of rotatable bonds is 6. The van der Waals surface area contributed by atoms with Crippen LogP contribution in [0.2, 0.25) is 0 Å². The fourth-order valence-electron chi connectivity index (χ4n) is 5.04. The van der Waals surface area contributed by atoms with Gasteiger partial charge < -0.3 is 15.0 Å². The molecule has 1 N–H and O–H groups in total. The molecule has 158 valence electrons. The predicted octanol–water partition coefficient (Wildman–Crippen LogP) is 1.94. The first-order valence-corrected chi connectivity index (χ1v) is 11.1. The summed E-state index contributed by atoms with van der Waals surface area (Å²) in [6.07, 6.45) is 6.30. The summed E-state index contributed by atoms with van der Waals surface area (Å²) in [5, 5.41) is 3.21. The topological polar surface area (TPSA) is 61.9 Å². The number of nitrogens with zero attached hydrogens (tertiary/aromatic N) is 2. The van der Waals surface area contributed by atoms with Gasteiger partial charge in [0.1, 0.15) is 6.10 Å². The minimum absolute atomic E-state index is 0.0866. The molecule has 29 heavy (non-hydrogen) atoms. The van der Waals surface area contributed by atoms with Crippen molar-refractivity contribution in [2.75, 3.05) is 45.9 Å². The standard InChI is InChI=1S/C23H33N3O3/c27-21(24-18-23(10-4-5-11-23)19-7-2-1-3-8-19)17-25-12-14-26(15-13-25)22(28)20-9-6-16-29-20/h1-3,7-8,20H,4-6,9-18H2,(H,24,27). The van der Waals surface area contributed by atoms with E-state index in [4.69, 9.17) is 4.74 Å². The molecule has 1 atom stereocenters. The number of nitrogens with one attached hydrogen (secondary N) is 1. The Bertz CT molecular complexity index is 689. The van der Waals surface area contributed by atoms with Crippen LogP contribution in [0.1, 0.15) is 44.1 Å². The maximum Gasteiger partial charge on any atom is 0.251 e. The first-order chi connectivity index (χ1) is 14.2. The third-order valence-electron chi connectivity index (χ3n) is 6.83. The third kappa shape index (κ3) is 4.81. The van der Waals surface area contributed by atoms with Gasteiger partial charge >= 0.3 is 0 Å². The Balaban J connectivity index is 1.23. The summed E-state index contributed by atoms with van der Waals surface area (Å²) in [6.45, 7) is 4.67. The Labute approximate surface area is 173 Å². The van der Waals surface area contributed by atoms with E-state index in [1.807, 2.05) is 11.0 Å². The quantitative estimate of drug-likeness (QED) is 0.794. The number of carbonyl (C=O) groups is 2. The number of carbonyl (C=O) groups excluding carboxylic acids is 2. The van der Waals surface area contributed by atoms with Crippen molar-refractivity contribution in [1.82, 2.24) is 15.1 Å². The van der Waals surface area contributed by atoms with Gasteiger partial charge in [0.15, 0.2) is 0 Å². The van der Waals surface area contributed by atoms with Gasteiger partial charge in [0.05, 0.1) is 6.54 Å². The predicted molar refractivity (Wildman–Crippen MR) is 112 cm³/mol. The van der Waals surface area contributed by atoms with Crippen LogP contribution in [-0.4, -0.2) is 73.6 Å². The van der Waals surface area contributed by atoms with E-state index < -0.39 is 0 Å². The molecule has 2 heterocycles. The zero-order valence-corrected chi connectivity index (χ0v) is 17.3. The monoisotopic (exact) mass is 399 g/mol. The van der Waals surface area contributed by atoms with Gasteiger partial charge in [-0.25, -0.2) is 0 Å². The summed E-state index contributed by atoms with van der Waals surface area (Å²) in [4.78, 5) is 29.1. The summed E-state index contributed by atoms with van der Waals surface area (Å²) < 4.78 is 5.52. The fourth-order valence-corrected chi connectivity index (χ4v) is 5.04. The molecule has 0 radical (unpaired) electrons. The second-order valence-corrected chi connectivity index (χ2v) is 8.73. The van der Waals surface area contributed by atoms with E-state index in [9.17, 15) is 9.59 Å². The van der Waals surface area contributed by atoms with Crippen molar-refractivity contribution in [1.29, 1.82) is 0 Å². The highest BCUT2D eigenvalue weighted by Crippen LogP contribution is 2.40. The summed E-state index contributed by atoms with van der Waals surface area (Å²) in [5.74, 6) is 0.212. The molecule has 3 aliphatic rings. The first kappa shape index (κ1) is 20.4. The molecule has 6 nitrogen and oxygen atoms in total. The van der Waals surface area contributed by atoms with E-state index >= 15 is 0 Å². The van der Waals surface area contributed by atoms with Gasteiger partial charge in [0, 0.05) is 44.7 Å². The van der Waals surface area contributed by atoms with Gasteiger partial charge in [-0.15, -0.1) is 0 Å². The lowest BCUT2D eigenvalue weighted by Gasteiger charge is -2.35. The van der Waals surface area contributed by atoms with Crippen LogP contribution in [0.5, 0.6) is 0 Å². The summed E-state index contributed by atoms with van der Waals surface area (Å²) >= 11 is 0. The van der Waals surface area contributed by atoms with Gasteiger partial charge in [0.25, 0.3) is 5.91 Å². The van der Waals surface area contributed by atoms with Gasteiger partial charge in [-0.1, -0.05) is 43.2 Å². The molecule has 0 spiro atoms. The molecule has 1 saturated carbocycles. The van der Waals surface area contributed by atoms with Crippen molar-refractivity contribution < 1.29 is 14.3 Å².